The number of nitrogens with one attached hydrogen (secondary N) is 1. The second kappa shape index (κ2) is 9.59. The minimum atomic E-state index is -3.65. The molecule has 0 aliphatic carbocycles. The van der Waals surface area contributed by atoms with Crippen molar-refractivity contribution in [3.63, 3.8) is 0 Å². The van der Waals surface area contributed by atoms with Crippen molar-refractivity contribution in [3.05, 3.63) is 59.7 Å². The highest BCUT2D eigenvalue weighted by Crippen LogP contribution is 2.25. The van der Waals surface area contributed by atoms with Crippen LogP contribution in [0.25, 0.3) is 0 Å². The highest BCUT2D eigenvalue weighted by Gasteiger charge is 2.29. The van der Waals surface area contributed by atoms with E-state index in [4.69, 9.17) is 4.74 Å². The first-order valence-electron chi connectivity index (χ1n) is 9.19. The number of rotatable bonds is 9. The molecule has 0 saturated carbocycles. The lowest BCUT2D eigenvalue weighted by atomic mass is 10.1. The number of nitrogens with zero attached hydrogens (tertiary/aromatic N) is 1. The summed E-state index contributed by atoms with van der Waals surface area (Å²) in [5.74, 6) is 0.189. The largest absolute Gasteiger partial charge is 0.497 e. The van der Waals surface area contributed by atoms with Gasteiger partial charge in [-0.15, -0.1) is 0 Å². The molecule has 0 aliphatic rings. The Morgan fingerprint density at radius 1 is 1.18 bits per heavy atom. The minimum Gasteiger partial charge on any atom is -0.497 e. The molecule has 0 aromatic heterocycles. The van der Waals surface area contributed by atoms with Gasteiger partial charge in [0.2, 0.25) is 15.9 Å². The lowest BCUT2D eigenvalue weighted by molar-refractivity contribution is -0.121. The maximum atomic E-state index is 12.6. The fourth-order valence-electron chi connectivity index (χ4n) is 2.96. The average Bonchev–Trinajstić information content (AvgIpc) is 2.65. The van der Waals surface area contributed by atoms with Crippen LogP contribution < -0.4 is 14.4 Å². The number of anilines is 1. The van der Waals surface area contributed by atoms with Crippen molar-refractivity contribution in [1.82, 2.24) is 5.32 Å². The van der Waals surface area contributed by atoms with Crippen LogP contribution in [0.2, 0.25) is 0 Å². The van der Waals surface area contributed by atoms with Crippen LogP contribution >= 0.6 is 0 Å². The first-order chi connectivity index (χ1) is 13.2. The Morgan fingerprint density at radius 3 is 2.46 bits per heavy atom. The molecule has 0 saturated heterocycles. The van der Waals surface area contributed by atoms with Gasteiger partial charge in [0.1, 0.15) is 11.8 Å². The Hall–Kier alpha value is -2.54. The van der Waals surface area contributed by atoms with Gasteiger partial charge in [0.05, 0.1) is 19.1 Å². The van der Waals surface area contributed by atoms with Gasteiger partial charge in [-0.3, -0.25) is 9.10 Å². The van der Waals surface area contributed by atoms with Gasteiger partial charge in [-0.1, -0.05) is 35.9 Å². The van der Waals surface area contributed by atoms with Gasteiger partial charge in [-0.2, -0.15) is 0 Å². The topological polar surface area (TPSA) is 75.7 Å². The number of ether oxygens (including phenoxy) is 1. The van der Waals surface area contributed by atoms with E-state index in [-0.39, 0.29) is 5.91 Å². The second-order valence-corrected chi connectivity index (χ2v) is 8.68. The molecule has 28 heavy (non-hydrogen) atoms. The lowest BCUT2D eigenvalue weighted by Gasteiger charge is -2.28. The second-order valence-electron chi connectivity index (χ2n) is 6.82. The number of hydrogen-bond acceptors (Lipinski definition) is 4. The van der Waals surface area contributed by atoms with Gasteiger partial charge in [0, 0.05) is 12.6 Å². The summed E-state index contributed by atoms with van der Waals surface area (Å²) >= 11 is 0. The van der Waals surface area contributed by atoms with Crippen molar-refractivity contribution in [3.8, 4) is 5.75 Å². The van der Waals surface area contributed by atoms with Gasteiger partial charge >= 0.3 is 0 Å². The SMILES string of the molecule is COc1cccc(N([C@H](C)C(=O)NCCCc2ccc(C)cc2)S(C)(=O)=O)c1. The molecule has 7 heteroatoms. The van der Waals surface area contributed by atoms with E-state index >= 15 is 0 Å². The minimum absolute atomic E-state index is 0.336. The van der Waals surface area contributed by atoms with Crippen LogP contribution in [0.1, 0.15) is 24.5 Å². The molecule has 0 heterocycles. The number of carbonyl (C=O) groups is 1. The van der Waals surface area contributed by atoms with Crippen LogP contribution in [-0.4, -0.2) is 40.3 Å². The summed E-state index contributed by atoms with van der Waals surface area (Å²) in [6, 6.07) is 14.1. The summed E-state index contributed by atoms with van der Waals surface area (Å²) in [4.78, 5) is 12.6. The number of hydrogen-bond donors (Lipinski definition) is 1. The number of aryl methyl sites for hydroxylation is 2. The molecule has 1 amide bonds. The van der Waals surface area contributed by atoms with E-state index in [0.29, 0.717) is 18.0 Å². The average molecular weight is 405 g/mol. The monoisotopic (exact) mass is 404 g/mol. The number of methoxy groups -OCH3 is 1. The summed E-state index contributed by atoms with van der Waals surface area (Å²) in [7, 11) is -2.14. The highest BCUT2D eigenvalue weighted by atomic mass is 32.2. The standard InChI is InChI=1S/C21H28N2O4S/c1-16-10-12-18(13-11-16)7-6-14-22-21(24)17(2)23(28(4,25)26)19-8-5-9-20(15-19)27-3/h5,8-13,15,17H,6-7,14H2,1-4H3,(H,22,24)/t17-/m1/s1. The zero-order valence-electron chi connectivity index (χ0n) is 16.8. The Morgan fingerprint density at radius 2 is 1.86 bits per heavy atom. The van der Waals surface area contributed by atoms with E-state index in [1.165, 1.54) is 18.2 Å². The molecule has 1 N–H and O–H groups in total. The molecule has 2 aromatic carbocycles. The van der Waals surface area contributed by atoms with E-state index < -0.39 is 16.1 Å². The summed E-state index contributed by atoms with van der Waals surface area (Å²) in [5.41, 5.74) is 2.82. The molecular weight excluding hydrogens is 376 g/mol. The first-order valence-corrected chi connectivity index (χ1v) is 11.0. The molecule has 0 aliphatic heterocycles. The van der Waals surface area contributed by atoms with Gasteiger partial charge in [-0.25, -0.2) is 8.42 Å². The van der Waals surface area contributed by atoms with Crippen LogP contribution in [0.3, 0.4) is 0 Å². The Kier molecular flexibility index (Phi) is 7.45. The Labute approximate surface area is 167 Å². The third-order valence-corrected chi connectivity index (χ3v) is 5.70. The molecule has 0 fully saturated rings. The zero-order chi connectivity index (χ0) is 20.7. The van der Waals surface area contributed by atoms with Crippen molar-refractivity contribution in [1.29, 1.82) is 0 Å². The molecule has 0 unspecified atom stereocenters. The molecule has 0 bridgehead atoms. The number of sulfonamides is 1. The fourth-order valence-corrected chi connectivity index (χ4v) is 4.13. The molecular formula is C21H28N2O4S. The van der Waals surface area contributed by atoms with E-state index in [2.05, 4.69) is 29.6 Å². The smallest absolute Gasteiger partial charge is 0.243 e. The van der Waals surface area contributed by atoms with Crippen molar-refractivity contribution < 1.29 is 17.9 Å². The fraction of sp³-hybridized carbons (Fsp3) is 0.381. The summed E-state index contributed by atoms with van der Waals surface area (Å²) < 4.78 is 30.9. The van der Waals surface area contributed by atoms with Crippen LogP contribution in [0.4, 0.5) is 5.69 Å². The molecule has 152 valence electrons. The van der Waals surface area contributed by atoms with E-state index in [0.717, 1.165) is 23.4 Å². The molecule has 0 radical (unpaired) electrons. The van der Waals surface area contributed by atoms with Gasteiger partial charge in [0.25, 0.3) is 0 Å². The number of carbonyl (C=O) groups excluding carboxylic acids is 1. The predicted molar refractivity (Wildman–Crippen MR) is 112 cm³/mol. The van der Waals surface area contributed by atoms with Crippen molar-refractivity contribution in [2.45, 2.75) is 32.7 Å². The van der Waals surface area contributed by atoms with Gasteiger partial charge in [-0.05, 0) is 44.4 Å². The lowest BCUT2D eigenvalue weighted by Crippen LogP contribution is -2.48. The Balaban J connectivity index is 2.00. The van der Waals surface area contributed by atoms with Crippen LogP contribution in [0.15, 0.2) is 48.5 Å². The molecule has 2 aromatic rings. The van der Waals surface area contributed by atoms with Crippen molar-refractivity contribution >= 4 is 21.6 Å². The normalized spacial score (nSPS) is 12.3. The number of amides is 1. The molecule has 6 nitrogen and oxygen atoms in total. The van der Waals surface area contributed by atoms with Crippen molar-refractivity contribution in [2.24, 2.45) is 0 Å². The zero-order valence-corrected chi connectivity index (χ0v) is 17.6. The summed E-state index contributed by atoms with van der Waals surface area (Å²) in [6.07, 6.45) is 2.72. The molecule has 0 spiro atoms. The first kappa shape index (κ1) is 21.8. The van der Waals surface area contributed by atoms with Crippen LogP contribution in [0.5, 0.6) is 5.75 Å². The third kappa shape index (κ3) is 5.99. The van der Waals surface area contributed by atoms with E-state index in [1.54, 1.807) is 31.2 Å². The maximum Gasteiger partial charge on any atom is 0.243 e. The number of benzene rings is 2. The Bertz CT molecular complexity index is 895. The van der Waals surface area contributed by atoms with Crippen molar-refractivity contribution in [2.75, 3.05) is 24.2 Å². The predicted octanol–water partition coefficient (Wildman–Crippen LogP) is 2.91. The quantitative estimate of drug-likeness (QED) is 0.652. The molecule has 1 atom stereocenters. The summed E-state index contributed by atoms with van der Waals surface area (Å²) in [6.45, 7) is 4.10. The summed E-state index contributed by atoms with van der Waals surface area (Å²) in [5, 5.41) is 2.84. The highest BCUT2D eigenvalue weighted by molar-refractivity contribution is 7.92. The molecule has 2 rings (SSSR count). The van der Waals surface area contributed by atoms with E-state index in [9.17, 15) is 13.2 Å². The van der Waals surface area contributed by atoms with Crippen LogP contribution in [-0.2, 0) is 21.2 Å². The maximum absolute atomic E-state index is 12.6. The van der Waals surface area contributed by atoms with Crippen LogP contribution in [0, 0.1) is 6.92 Å². The third-order valence-electron chi connectivity index (χ3n) is 4.46. The van der Waals surface area contributed by atoms with E-state index in [1.807, 2.05) is 6.92 Å². The van der Waals surface area contributed by atoms with Gasteiger partial charge in [0.15, 0.2) is 0 Å². The van der Waals surface area contributed by atoms with Gasteiger partial charge < -0.3 is 10.1 Å².